The summed E-state index contributed by atoms with van der Waals surface area (Å²) in [7, 11) is 0. The molecular weight excluding hydrogens is 969 g/mol. The largest absolute Gasteiger partial charge is 0.417 e. The molecule has 0 saturated carbocycles. The molecule has 16 nitrogen and oxygen atoms in total. The molecule has 4 aromatic rings. The molecule has 3 atom stereocenters. The zero-order valence-corrected chi connectivity index (χ0v) is 41.4. The highest BCUT2D eigenvalue weighted by Crippen LogP contribution is 2.40. The SMILES string of the molecule is Cc1ncsc1-c1ccc(CNC(=O)C2CC(O)CN2C(=O)C(NC(=O)CCOCCOCCNC(=O)c2ccc(N3C(=S)N(c4ccc(C#N)c(C(F)(F)F)c4)C(=O)C3(C)C)cc2F)C(C)(C)C)cc1. The van der Waals surface area contributed by atoms with E-state index in [1.54, 1.807) is 37.6 Å². The van der Waals surface area contributed by atoms with Crippen LogP contribution in [0.15, 0.2) is 66.2 Å². The minimum absolute atomic E-state index is 0.00946. The second-order valence-electron chi connectivity index (χ2n) is 18.5. The lowest BCUT2D eigenvalue weighted by Crippen LogP contribution is -2.57. The molecule has 378 valence electrons. The molecule has 0 aliphatic carbocycles. The van der Waals surface area contributed by atoms with E-state index in [2.05, 4.69) is 20.9 Å². The van der Waals surface area contributed by atoms with Crippen molar-refractivity contribution in [2.75, 3.05) is 49.3 Å². The monoisotopic (exact) mass is 1020 g/mol. The van der Waals surface area contributed by atoms with E-state index in [1.165, 1.54) is 41.8 Å². The maximum Gasteiger partial charge on any atom is 0.417 e. The van der Waals surface area contributed by atoms with E-state index in [0.717, 1.165) is 44.8 Å². The zero-order chi connectivity index (χ0) is 52.0. The number of anilines is 2. The van der Waals surface area contributed by atoms with Gasteiger partial charge in [-0.2, -0.15) is 18.4 Å². The number of benzene rings is 3. The van der Waals surface area contributed by atoms with Crippen LogP contribution in [0.2, 0.25) is 0 Å². The first kappa shape index (κ1) is 54.0. The van der Waals surface area contributed by atoms with Gasteiger partial charge in [0.2, 0.25) is 17.7 Å². The van der Waals surface area contributed by atoms with Crippen LogP contribution >= 0.6 is 23.6 Å². The highest BCUT2D eigenvalue weighted by atomic mass is 32.1. The fourth-order valence-corrected chi connectivity index (χ4v) is 9.45. The van der Waals surface area contributed by atoms with Crippen LogP contribution in [0.3, 0.4) is 0 Å². The summed E-state index contributed by atoms with van der Waals surface area (Å²) in [5.41, 5.74) is -0.0284. The number of hydrogen-bond donors (Lipinski definition) is 4. The van der Waals surface area contributed by atoms with Crippen LogP contribution in [-0.4, -0.2) is 113 Å². The van der Waals surface area contributed by atoms with Crippen molar-refractivity contribution in [2.45, 2.75) is 90.8 Å². The average Bonchev–Trinajstić information content (AvgIpc) is 3.97. The van der Waals surface area contributed by atoms with E-state index < -0.39 is 81.8 Å². The molecule has 2 aliphatic heterocycles. The van der Waals surface area contributed by atoms with Gasteiger partial charge in [0.15, 0.2) is 5.11 Å². The van der Waals surface area contributed by atoms with E-state index >= 15 is 4.39 Å². The third kappa shape index (κ3) is 12.6. The van der Waals surface area contributed by atoms with Crippen molar-refractivity contribution in [3.05, 3.63) is 99.9 Å². The minimum Gasteiger partial charge on any atom is -0.391 e. The second kappa shape index (κ2) is 22.4. The number of nitrogens with zero attached hydrogens (tertiary/aromatic N) is 5. The number of hydrogen-bond acceptors (Lipinski definition) is 12. The first-order chi connectivity index (χ1) is 33.4. The third-order valence-corrected chi connectivity index (χ3v) is 13.2. The Morgan fingerprint density at radius 3 is 2.28 bits per heavy atom. The zero-order valence-electron chi connectivity index (χ0n) is 39.8. The van der Waals surface area contributed by atoms with Gasteiger partial charge in [0.05, 0.1) is 77.1 Å². The molecule has 1 aromatic heterocycles. The van der Waals surface area contributed by atoms with Crippen LogP contribution in [-0.2, 0) is 41.4 Å². The van der Waals surface area contributed by atoms with Crippen molar-refractivity contribution in [2.24, 2.45) is 5.41 Å². The number of halogens is 4. The summed E-state index contributed by atoms with van der Waals surface area (Å²) in [6, 6.07) is 13.5. The normalized spacial score (nSPS) is 17.3. The van der Waals surface area contributed by atoms with Gasteiger partial charge < -0.3 is 40.3 Å². The Balaban J connectivity index is 0.912. The van der Waals surface area contributed by atoms with Crippen LogP contribution < -0.4 is 25.8 Å². The van der Waals surface area contributed by atoms with Crippen molar-refractivity contribution in [1.29, 1.82) is 5.26 Å². The molecule has 3 heterocycles. The Morgan fingerprint density at radius 1 is 0.986 bits per heavy atom. The van der Waals surface area contributed by atoms with Gasteiger partial charge in [-0.25, -0.2) is 9.37 Å². The number of carbonyl (C=O) groups excluding carboxylic acids is 5. The molecule has 0 bridgehead atoms. The third-order valence-electron chi connectivity index (χ3n) is 11.9. The lowest BCUT2D eigenvalue weighted by Gasteiger charge is -2.35. The molecule has 2 aliphatic rings. The number of carbonyl (C=O) groups is 5. The van der Waals surface area contributed by atoms with Crippen molar-refractivity contribution < 1.29 is 56.1 Å². The number of likely N-dealkylation sites (tertiary alicyclic amines) is 1. The fourth-order valence-electron chi connectivity index (χ4n) is 8.12. The molecular formula is C49H54F4N8O8S2. The summed E-state index contributed by atoms with van der Waals surface area (Å²) >= 11 is 7.05. The Labute approximate surface area is 417 Å². The van der Waals surface area contributed by atoms with Crippen LogP contribution in [0.1, 0.15) is 80.2 Å². The van der Waals surface area contributed by atoms with Crippen LogP contribution in [0.5, 0.6) is 0 Å². The summed E-state index contributed by atoms with van der Waals surface area (Å²) in [6.07, 6.45) is -5.85. The summed E-state index contributed by atoms with van der Waals surface area (Å²) in [5.74, 6) is -3.81. The molecule has 0 radical (unpaired) electrons. The first-order valence-electron chi connectivity index (χ1n) is 22.5. The van der Waals surface area contributed by atoms with Crippen molar-refractivity contribution in [3.8, 4) is 16.5 Å². The quantitative estimate of drug-likeness (QED) is 0.0513. The predicted octanol–water partition coefficient (Wildman–Crippen LogP) is 6.03. The number of nitrogens with one attached hydrogen (secondary N) is 3. The number of nitriles is 1. The molecule has 0 spiro atoms. The number of amides is 5. The molecule has 22 heteroatoms. The van der Waals surface area contributed by atoms with Gasteiger partial charge in [0.1, 0.15) is 23.4 Å². The minimum atomic E-state index is -4.89. The average molecular weight is 1020 g/mol. The van der Waals surface area contributed by atoms with E-state index in [4.69, 9.17) is 21.7 Å². The maximum absolute atomic E-state index is 15.4. The molecule has 6 rings (SSSR count). The van der Waals surface area contributed by atoms with Gasteiger partial charge in [-0.05, 0) is 85.9 Å². The van der Waals surface area contributed by atoms with Gasteiger partial charge in [-0.15, -0.1) is 11.3 Å². The predicted molar refractivity (Wildman–Crippen MR) is 259 cm³/mol. The number of aliphatic hydroxyl groups is 1. The fraction of sp³-hybridized carbons (Fsp3) is 0.429. The number of alkyl halides is 3. The summed E-state index contributed by atoms with van der Waals surface area (Å²) in [5, 5.41) is 27.7. The number of rotatable bonds is 18. The highest BCUT2D eigenvalue weighted by Gasteiger charge is 2.51. The summed E-state index contributed by atoms with van der Waals surface area (Å²) in [6.45, 7) is 10.5. The first-order valence-corrected chi connectivity index (χ1v) is 23.8. The van der Waals surface area contributed by atoms with E-state index in [0.29, 0.717) is 6.07 Å². The van der Waals surface area contributed by atoms with Gasteiger partial charge in [-0.3, -0.25) is 28.9 Å². The second-order valence-corrected chi connectivity index (χ2v) is 19.7. The molecule has 2 saturated heterocycles. The van der Waals surface area contributed by atoms with Crippen LogP contribution in [0.4, 0.5) is 28.9 Å². The molecule has 3 unspecified atom stereocenters. The van der Waals surface area contributed by atoms with E-state index in [-0.39, 0.29) is 81.0 Å². The van der Waals surface area contributed by atoms with Crippen LogP contribution in [0.25, 0.3) is 10.4 Å². The summed E-state index contributed by atoms with van der Waals surface area (Å²) in [4.78, 5) is 75.7. The van der Waals surface area contributed by atoms with Gasteiger partial charge in [0.25, 0.3) is 11.8 Å². The van der Waals surface area contributed by atoms with Crippen LogP contribution in [0, 0.1) is 29.5 Å². The molecule has 5 amide bonds. The smallest absolute Gasteiger partial charge is 0.391 e. The van der Waals surface area contributed by atoms with Gasteiger partial charge in [0, 0.05) is 38.2 Å². The lowest BCUT2D eigenvalue weighted by atomic mass is 9.85. The Morgan fingerprint density at radius 2 is 1.66 bits per heavy atom. The van der Waals surface area contributed by atoms with Gasteiger partial charge in [-0.1, -0.05) is 45.0 Å². The summed E-state index contributed by atoms with van der Waals surface area (Å²) < 4.78 is 67.6. The topological polar surface area (TPSA) is 207 Å². The Bertz CT molecular complexity index is 2700. The van der Waals surface area contributed by atoms with Crippen molar-refractivity contribution in [1.82, 2.24) is 25.8 Å². The van der Waals surface area contributed by atoms with E-state index in [1.807, 2.05) is 31.2 Å². The number of thiazole rings is 1. The standard InChI is InChI=1S/C49H54F4N8O8S2/c1-28-40(71-27-57-28)30-9-7-29(8-10-30)25-56-43(65)38-23-34(62)26-59(38)44(66)41(47(2,3)4)58-39(63)15-17-68-19-20-69-18-16-55-42(64)35-14-13-33(22-37(35)50)61-46(70)60(45(67)48(61,5)6)32-12-11-31(24-54)36(21-32)49(51,52)53/h7-14,21-22,27,34,38,41,62H,15-20,23,25-26H2,1-6H3,(H,55,64)(H,56,65)(H,58,63). The Kier molecular flexibility index (Phi) is 17.0. The molecule has 3 aromatic carbocycles. The number of aromatic nitrogens is 1. The highest BCUT2D eigenvalue weighted by molar-refractivity contribution is 7.81. The number of β-amino-alcohol motifs (C(OH)–C–C–N with tert-alkyl or cyclic N) is 1. The van der Waals surface area contributed by atoms with E-state index in [9.17, 15) is 47.5 Å². The number of aryl methyl sites for hydroxylation is 1. The lowest BCUT2D eigenvalue weighted by molar-refractivity contribution is -0.144. The number of ether oxygens (including phenoxy) is 2. The number of thiocarbonyl (C=S) groups is 1. The van der Waals surface area contributed by atoms with Crippen molar-refractivity contribution >= 4 is 69.6 Å². The maximum atomic E-state index is 15.4. The molecule has 71 heavy (non-hydrogen) atoms. The molecule has 2 fully saturated rings. The Hall–Kier alpha value is -6.38. The van der Waals surface area contributed by atoms with Crippen molar-refractivity contribution in [3.63, 3.8) is 0 Å². The number of aliphatic hydroxyl groups excluding tert-OH is 1. The molecule has 4 N–H and O–H groups in total. The van der Waals surface area contributed by atoms with Gasteiger partial charge >= 0.3 is 6.18 Å².